The predicted octanol–water partition coefficient (Wildman–Crippen LogP) is 5.21. The average molecular weight is 498 g/mol. The summed E-state index contributed by atoms with van der Waals surface area (Å²) in [6.07, 6.45) is -10.2. The number of esters is 1. The van der Waals surface area contributed by atoms with E-state index in [-0.39, 0.29) is 24.3 Å². The summed E-state index contributed by atoms with van der Waals surface area (Å²) in [5.41, 5.74) is -2.42. The maximum absolute atomic E-state index is 13.1. The van der Waals surface area contributed by atoms with Crippen LogP contribution < -0.4 is 9.47 Å². The smallest absolute Gasteiger partial charge is 0.477 e. The number of rotatable bonds is 4. The Kier molecular flexibility index (Phi) is 8.50. The van der Waals surface area contributed by atoms with Gasteiger partial charge in [0.15, 0.2) is 0 Å². The van der Waals surface area contributed by atoms with Gasteiger partial charge in [-0.05, 0) is 0 Å². The van der Waals surface area contributed by atoms with Crippen molar-refractivity contribution in [3.8, 4) is 11.5 Å². The molecule has 182 valence electrons. The number of hydrogen-bond acceptors (Lipinski definition) is 5. The molecule has 0 radical (unpaired) electrons. The van der Waals surface area contributed by atoms with Crippen molar-refractivity contribution in [3.05, 3.63) is 58.7 Å². The topological polar surface area (TPSA) is 82.1 Å². The third kappa shape index (κ3) is 8.38. The van der Waals surface area contributed by atoms with Crippen LogP contribution in [-0.2, 0) is 4.74 Å². The zero-order chi connectivity index (χ0) is 25.7. The highest BCUT2D eigenvalue weighted by Crippen LogP contribution is 2.27. The van der Waals surface area contributed by atoms with Gasteiger partial charge in [0, 0.05) is 24.3 Å². The molecule has 6 nitrogen and oxygen atoms in total. The van der Waals surface area contributed by atoms with Gasteiger partial charge in [0.2, 0.25) is 0 Å². The summed E-state index contributed by atoms with van der Waals surface area (Å²) in [5.74, 6) is -11.8. The lowest BCUT2D eigenvalue weighted by atomic mass is 10.2. The van der Waals surface area contributed by atoms with Gasteiger partial charge in [0.1, 0.15) is 45.9 Å². The number of carboxylic acids is 1. The Labute approximate surface area is 175 Å². The molecule has 2 aromatic carbocycles. The summed E-state index contributed by atoms with van der Waals surface area (Å²) in [6.45, 7) is 0. The molecule has 33 heavy (non-hydrogen) atoms. The molecule has 0 fully saturated rings. The van der Waals surface area contributed by atoms with E-state index in [1.165, 1.54) is 0 Å². The normalized spacial score (nSPS) is 11.2. The van der Waals surface area contributed by atoms with Crippen molar-refractivity contribution in [2.75, 3.05) is 7.11 Å². The molecule has 0 aliphatic carbocycles. The molecule has 2 rings (SSSR count). The van der Waals surface area contributed by atoms with Crippen molar-refractivity contribution in [2.45, 2.75) is 12.7 Å². The summed E-state index contributed by atoms with van der Waals surface area (Å²) < 4.78 is 133. The van der Waals surface area contributed by atoms with Crippen molar-refractivity contribution in [3.63, 3.8) is 0 Å². The summed E-state index contributed by atoms with van der Waals surface area (Å²) in [5, 5.41) is 8.33. The largest absolute Gasteiger partial charge is 0.573 e. The predicted molar refractivity (Wildman–Crippen MR) is 84.4 cm³/mol. The van der Waals surface area contributed by atoms with E-state index in [0.29, 0.717) is 0 Å². The monoisotopic (exact) mass is 498 g/mol. The molecule has 0 saturated carbocycles. The summed E-state index contributed by atoms with van der Waals surface area (Å²) in [4.78, 5) is 21.2. The molecule has 2 aromatic rings. The molecule has 0 spiro atoms. The third-order valence-electron chi connectivity index (χ3n) is 3.10. The highest BCUT2D eigenvalue weighted by molar-refractivity contribution is 5.90. The van der Waals surface area contributed by atoms with Gasteiger partial charge < -0.3 is 19.3 Å². The second-order valence-corrected chi connectivity index (χ2v) is 5.42. The summed E-state index contributed by atoms with van der Waals surface area (Å²) in [6, 6.07) is 0.756. The Morgan fingerprint density at radius 1 is 0.697 bits per heavy atom. The molecular formula is C17H8F10O6. The Balaban J connectivity index is 0.000000331. The van der Waals surface area contributed by atoms with Crippen molar-refractivity contribution in [1.29, 1.82) is 0 Å². The maximum Gasteiger partial charge on any atom is 0.573 e. The van der Waals surface area contributed by atoms with E-state index < -0.39 is 70.6 Å². The zero-order valence-electron chi connectivity index (χ0n) is 15.6. The quantitative estimate of drug-likeness (QED) is 0.461. The fourth-order valence-electron chi connectivity index (χ4n) is 1.99. The first kappa shape index (κ1) is 27.3. The fourth-order valence-corrected chi connectivity index (χ4v) is 1.99. The molecule has 0 saturated heterocycles. The van der Waals surface area contributed by atoms with Gasteiger partial charge in [-0.1, -0.05) is 0 Å². The van der Waals surface area contributed by atoms with Crippen LogP contribution in [0.2, 0.25) is 0 Å². The van der Waals surface area contributed by atoms with Crippen LogP contribution >= 0.6 is 0 Å². The minimum atomic E-state index is -5.11. The van der Waals surface area contributed by atoms with E-state index in [0.717, 1.165) is 7.11 Å². The van der Waals surface area contributed by atoms with Crippen LogP contribution in [-0.4, -0.2) is 36.9 Å². The van der Waals surface area contributed by atoms with E-state index in [1.807, 2.05) is 0 Å². The lowest BCUT2D eigenvalue weighted by molar-refractivity contribution is -0.275. The highest BCUT2D eigenvalue weighted by atomic mass is 19.4. The van der Waals surface area contributed by atoms with E-state index in [4.69, 9.17) is 5.11 Å². The number of ether oxygens (including phenoxy) is 3. The number of benzene rings is 2. The molecule has 0 unspecified atom stereocenters. The van der Waals surface area contributed by atoms with Crippen LogP contribution in [0.1, 0.15) is 20.7 Å². The molecular weight excluding hydrogens is 490 g/mol. The van der Waals surface area contributed by atoms with Crippen molar-refractivity contribution in [1.82, 2.24) is 0 Å². The number of carboxylic acid groups (broad SMARTS) is 1. The van der Waals surface area contributed by atoms with Gasteiger partial charge in [-0.3, -0.25) is 0 Å². The molecule has 0 bridgehead atoms. The Morgan fingerprint density at radius 2 is 1.00 bits per heavy atom. The lowest BCUT2D eigenvalue weighted by Gasteiger charge is -2.10. The molecule has 0 aromatic heterocycles. The molecule has 0 aliphatic rings. The number of halogens is 10. The molecule has 0 aliphatic heterocycles. The van der Waals surface area contributed by atoms with E-state index in [2.05, 4.69) is 14.2 Å². The van der Waals surface area contributed by atoms with Crippen LogP contribution in [0, 0.1) is 23.3 Å². The maximum atomic E-state index is 13.1. The first-order valence-corrected chi connectivity index (χ1v) is 7.76. The van der Waals surface area contributed by atoms with Crippen molar-refractivity contribution in [2.24, 2.45) is 0 Å². The van der Waals surface area contributed by atoms with Gasteiger partial charge in [0.05, 0.1) is 7.11 Å². The number of carbonyl (C=O) groups is 2. The average Bonchev–Trinajstić information content (AvgIpc) is 2.57. The van der Waals surface area contributed by atoms with Crippen molar-refractivity contribution >= 4 is 11.9 Å². The molecule has 16 heteroatoms. The zero-order valence-corrected chi connectivity index (χ0v) is 15.6. The lowest BCUT2D eigenvalue weighted by Crippen LogP contribution is -2.18. The van der Waals surface area contributed by atoms with Gasteiger partial charge in [-0.15, -0.1) is 26.3 Å². The summed E-state index contributed by atoms with van der Waals surface area (Å²) >= 11 is 0. The third-order valence-corrected chi connectivity index (χ3v) is 3.10. The van der Waals surface area contributed by atoms with Gasteiger partial charge in [-0.2, -0.15) is 0 Å². The van der Waals surface area contributed by atoms with Crippen LogP contribution in [0.5, 0.6) is 11.5 Å². The SMILES string of the molecule is COC(=O)c1c(F)cc(OC(F)(F)F)cc1F.O=C(O)c1c(F)cc(OC(F)(F)F)cc1F. The Bertz CT molecular complexity index is 986. The first-order chi connectivity index (χ1) is 14.9. The minimum absolute atomic E-state index is 0.139. The fraction of sp³-hybridized carbons (Fsp3) is 0.176. The van der Waals surface area contributed by atoms with Gasteiger partial charge in [-0.25, -0.2) is 27.2 Å². The second kappa shape index (κ2) is 10.3. The second-order valence-electron chi connectivity index (χ2n) is 5.42. The summed E-state index contributed by atoms with van der Waals surface area (Å²) in [7, 11) is 0.876. The number of methoxy groups -OCH3 is 1. The first-order valence-electron chi connectivity index (χ1n) is 7.76. The Morgan fingerprint density at radius 3 is 1.24 bits per heavy atom. The Hall–Kier alpha value is -3.72. The van der Waals surface area contributed by atoms with Crippen LogP contribution in [0.15, 0.2) is 24.3 Å². The van der Waals surface area contributed by atoms with Crippen LogP contribution in [0.25, 0.3) is 0 Å². The van der Waals surface area contributed by atoms with Crippen LogP contribution in [0.4, 0.5) is 43.9 Å². The van der Waals surface area contributed by atoms with Gasteiger partial charge in [0.25, 0.3) is 0 Å². The molecule has 0 heterocycles. The highest BCUT2D eigenvalue weighted by Gasteiger charge is 2.33. The van der Waals surface area contributed by atoms with E-state index >= 15 is 0 Å². The minimum Gasteiger partial charge on any atom is -0.477 e. The van der Waals surface area contributed by atoms with E-state index in [9.17, 15) is 53.5 Å². The standard InChI is InChI=1S/C9H5F5O3.C8H3F5O3/c1-16-8(15)7-5(10)2-4(3-6(7)11)17-9(12,13)14;9-4-1-3(16-8(11,12)13)2-5(10)6(4)7(14)15/h2-3H,1H3;1-2H,(H,14,15). The number of hydrogen-bond donors (Lipinski definition) is 1. The molecule has 1 N–H and O–H groups in total. The molecule has 0 amide bonds. The number of carbonyl (C=O) groups excluding carboxylic acids is 1. The van der Waals surface area contributed by atoms with Gasteiger partial charge >= 0.3 is 24.7 Å². The number of aromatic carboxylic acids is 1. The van der Waals surface area contributed by atoms with Crippen molar-refractivity contribution < 1.29 is 72.8 Å². The number of alkyl halides is 6. The van der Waals surface area contributed by atoms with Crippen LogP contribution in [0.3, 0.4) is 0 Å². The van der Waals surface area contributed by atoms with E-state index in [1.54, 1.807) is 0 Å². The molecule has 0 atom stereocenters.